The van der Waals surface area contributed by atoms with Crippen LogP contribution in [-0.4, -0.2) is 42.9 Å². The van der Waals surface area contributed by atoms with Crippen molar-refractivity contribution in [2.24, 2.45) is 10.4 Å². The Morgan fingerprint density at radius 1 is 1.33 bits per heavy atom. The average molecular weight is 451 g/mol. The van der Waals surface area contributed by atoms with Crippen LogP contribution in [0.2, 0.25) is 0 Å². The summed E-state index contributed by atoms with van der Waals surface area (Å²) in [6.45, 7) is 6.82. The van der Waals surface area contributed by atoms with Crippen molar-refractivity contribution in [3.8, 4) is 0 Å². The Bertz CT molecular complexity index is 500. The van der Waals surface area contributed by atoms with Crippen molar-refractivity contribution in [3.63, 3.8) is 0 Å². The standard InChI is InChI=1S/C16H29N5O2.HI/c1-4-17-15(18-11-14-20-13(2)23-21-14)19-12-16(9-10-22-3)7-5-6-8-16;/h4-12H2,1-3H3,(H2,17,18,19);1H. The van der Waals surface area contributed by atoms with Crippen LogP contribution in [0.3, 0.4) is 0 Å². The molecule has 1 aromatic heterocycles. The molecule has 0 bridgehead atoms. The zero-order chi connectivity index (χ0) is 16.5. The van der Waals surface area contributed by atoms with Gasteiger partial charge in [0.25, 0.3) is 0 Å². The van der Waals surface area contributed by atoms with E-state index in [1.807, 2.05) is 0 Å². The van der Waals surface area contributed by atoms with Crippen LogP contribution in [0.1, 0.15) is 50.7 Å². The highest BCUT2D eigenvalue weighted by Crippen LogP contribution is 2.40. The molecule has 2 rings (SSSR count). The number of rotatable bonds is 8. The van der Waals surface area contributed by atoms with E-state index in [-0.39, 0.29) is 24.0 Å². The topological polar surface area (TPSA) is 84.6 Å². The summed E-state index contributed by atoms with van der Waals surface area (Å²) in [7, 11) is 1.77. The SMILES string of the molecule is CCNC(=NCc1noc(C)n1)NCC1(CCOC)CCCC1.I. The highest BCUT2D eigenvalue weighted by Gasteiger charge is 2.33. The van der Waals surface area contributed by atoms with Crippen LogP contribution in [-0.2, 0) is 11.3 Å². The molecule has 138 valence electrons. The number of guanidine groups is 1. The smallest absolute Gasteiger partial charge is 0.223 e. The van der Waals surface area contributed by atoms with Gasteiger partial charge in [-0.2, -0.15) is 4.98 Å². The van der Waals surface area contributed by atoms with E-state index in [9.17, 15) is 0 Å². The molecule has 1 heterocycles. The van der Waals surface area contributed by atoms with Crippen LogP contribution in [0.4, 0.5) is 0 Å². The van der Waals surface area contributed by atoms with E-state index in [0.717, 1.165) is 32.1 Å². The van der Waals surface area contributed by atoms with E-state index < -0.39 is 0 Å². The maximum atomic E-state index is 5.29. The van der Waals surface area contributed by atoms with Crippen molar-refractivity contribution in [2.75, 3.05) is 26.8 Å². The maximum absolute atomic E-state index is 5.29. The van der Waals surface area contributed by atoms with Gasteiger partial charge in [-0.1, -0.05) is 18.0 Å². The molecule has 0 radical (unpaired) electrons. The summed E-state index contributed by atoms with van der Waals surface area (Å²) >= 11 is 0. The number of hydrogen-bond donors (Lipinski definition) is 2. The van der Waals surface area contributed by atoms with Gasteiger partial charge in [-0.25, -0.2) is 4.99 Å². The van der Waals surface area contributed by atoms with Gasteiger partial charge >= 0.3 is 0 Å². The van der Waals surface area contributed by atoms with Crippen LogP contribution in [0.25, 0.3) is 0 Å². The fourth-order valence-electron chi connectivity index (χ4n) is 3.13. The second-order valence-electron chi connectivity index (χ2n) is 6.23. The van der Waals surface area contributed by atoms with Crippen molar-refractivity contribution in [3.05, 3.63) is 11.7 Å². The van der Waals surface area contributed by atoms with E-state index in [0.29, 0.717) is 23.7 Å². The number of aryl methyl sites for hydroxylation is 1. The van der Waals surface area contributed by atoms with Crippen LogP contribution in [0, 0.1) is 12.3 Å². The molecule has 0 amide bonds. The zero-order valence-electron chi connectivity index (χ0n) is 14.9. The highest BCUT2D eigenvalue weighted by atomic mass is 127. The van der Waals surface area contributed by atoms with Crippen LogP contribution >= 0.6 is 24.0 Å². The lowest BCUT2D eigenvalue weighted by molar-refractivity contribution is 0.138. The Kier molecular flexibility index (Phi) is 9.57. The summed E-state index contributed by atoms with van der Waals surface area (Å²) in [6.07, 6.45) is 6.22. The molecular weight excluding hydrogens is 421 g/mol. The Hall–Kier alpha value is -0.900. The minimum absolute atomic E-state index is 0. The number of aliphatic imine (C=N–C) groups is 1. The molecule has 8 heteroatoms. The first-order valence-corrected chi connectivity index (χ1v) is 8.48. The molecule has 2 N–H and O–H groups in total. The van der Waals surface area contributed by atoms with Crippen LogP contribution < -0.4 is 10.6 Å². The van der Waals surface area contributed by atoms with E-state index in [1.54, 1.807) is 14.0 Å². The van der Waals surface area contributed by atoms with Crippen molar-refractivity contribution in [1.29, 1.82) is 0 Å². The van der Waals surface area contributed by atoms with Gasteiger partial charge in [0.15, 0.2) is 11.8 Å². The zero-order valence-corrected chi connectivity index (χ0v) is 17.3. The first-order valence-electron chi connectivity index (χ1n) is 8.48. The number of nitrogens with one attached hydrogen (secondary N) is 2. The third-order valence-electron chi connectivity index (χ3n) is 4.42. The fraction of sp³-hybridized carbons (Fsp3) is 0.812. The Morgan fingerprint density at radius 2 is 2.08 bits per heavy atom. The fourth-order valence-corrected chi connectivity index (χ4v) is 3.13. The van der Waals surface area contributed by atoms with Gasteiger partial charge < -0.3 is 19.9 Å². The lowest BCUT2D eigenvalue weighted by atomic mass is 9.83. The average Bonchev–Trinajstić information content (AvgIpc) is 3.18. The summed E-state index contributed by atoms with van der Waals surface area (Å²) in [5.74, 6) is 1.98. The molecule has 1 fully saturated rings. The van der Waals surface area contributed by atoms with E-state index in [2.05, 4.69) is 32.7 Å². The van der Waals surface area contributed by atoms with Crippen molar-refractivity contribution >= 4 is 29.9 Å². The Labute approximate surface area is 161 Å². The van der Waals surface area contributed by atoms with Gasteiger partial charge in [0.05, 0.1) is 0 Å². The number of aromatic nitrogens is 2. The molecule has 0 spiro atoms. The minimum atomic E-state index is 0. The second-order valence-corrected chi connectivity index (χ2v) is 6.23. The van der Waals surface area contributed by atoms with Crippen molar-refractivity contribution in [2.45, 2.75) is 52.5 Å². The summed E-state index contributed by atoms with van der Waals surface area (Å²) in [5, 5.41) is 10.6. The molecule has 0 saturated heterocycles. The van der Waals surface area contributed by atoms with Gasteiger partial charge in [-0.05, 0) is 31.6 Å². The highest BCUT2D eigenvalue weighted by molar-refractivity contribution is 14.0. The summed E-state index contributed by atoms with van der Waals surface area (Å²) in [4.78, 5) is 8.73. The van der Waals surface area contributed by atoms with Crippen LogP contribution in [0.15, 0.2) is 9.52 Å². The molecule has 1 aliphatic rings. The maximum Gasteiger partial charge on any atom is 0.223 e. The normalized spacial score (nSPS) is 16.7. The molecule has 0 aromatic carbocycles. The van der Waals surface area contributed by atoms with E-state index >= 15 is 0 Å². The molecule has 0 aliphatic heterocycles. The van der Waals surface area contributed by atoms with Gasteiger partial charge in [-0.15, -0.1) is 24.0 Å². The molecule has 0 atom stereocenters. The summed E-state index contributed by atoms with van der Waals surface area (Å²) < 4.78 is 10.3. The Morgan fingerprint density at radius 3 is 2.67 bits per heavy atom. The second kappa shape index (κ2) is 10.9. The molecule has 1 aliphatic carbocycles. The predicted molar refractivity (Wildman–Crippen MR) is 105 cm³/mol. The first kappa shape index (κ1) is 21.1. The van der Waals surface area contributed by atoms with Gasteiger partial charge in [0.2, 0.25) is 5.89 Å². The summed E-state index contributed by atoms with van der Waals surface area (Å²) in [6, 6.07) is 0. The number of ether oxygens (including phenoxy) is 1. The summed E-state index contributed by atoms with van der Waals surface area (Å²) in [5.41, 5.74) is 0.328. The van der Waals surface area contributed by atoms with E-state index in [1.165, 1.54) is 25.7 Å². The number of nitrogens with zero attached hydrogens (tertiary/aromatic N) is 3. The third kappa shape index (κ3) is 6.54. The molecule has 24 heavy (non-hydrogen) atoms. The van der Waals surface area contributed by atoms with Gasteiger partial charge in [0.1, 0.15) is 6.54 Å². The molecule has 7 nitrogen and oxygen atoms in total. The molecular formula is C16H30IN5O2. The lowest BCUT2D eigenvalue weighted by Gasteiger charge is -2.29. The molecule has 0 unspecified atom stereocenters. The quantitative estimate of drug-likeness (QED) is 0.359. The van der Waals surface area contributed by atoms with Gasteiger partial charge in [0, 0.05) is 33.7 Å². The Balaban J connectivity index is 0.00000288. The number of halogens is 1. The molecule has 1 saturated carbocycles. The predicted octanol–water partition coefficient (Wildman–Crippen LogP) is 2.65. The molecule has 1 aromatic rings. The van der Waals surface area contributed by atoms with Crippen LogP contribution in [0.5, 0.6) is 0 Å². The number of methoxy groups -OCH3 is 1. The monoisotopic (exact) mass is 451 g/mol. The van der Waals surface area contributed by atoms with Crippen molar-refractivity contribution in [1.82, 2.24) is 20.8 Å². The van der Waals surface area contributed by atoms with E-state index in [4.69, 9.17) is 9.26 Å². The number of hydrogen-bond acceptors (Lipinski definition) is 5. The van der Waals surface area contributed by atoms with Gasteiger partial charge in [-0.3, -0.25) is 0 Å². The largest absolute Gasteiger partial charge is 0.385 e. The third-order valence-corrected chi connectivity index (χ3v) is 4.42. The van der Waals surface area contributed by atoms with Crippen molar-refractivity contribution < 1.29 is 9.26 Å². The first-order chi connectivity index (χ1) is 11.2. The minimum Gasteiger partial charge on any atom is -0.385 e. The lowest BCUT2D eigenvalue weighted by Crippen LogP contribution is -2.43.